The standard InChI is InChI=1S/C14H13F3N4O2/c15-9-5-8(10-7-18-11(20-10)13(22)23)6-19-12(9)21-3-1-14(16,17)2-4-21/h5-7H,1-4H2,(H,18,20)(H,22,23). The number of alkyl halides is 2. The van der Waals surface area contributed by atoms with Crippen LogP contribution in [0.25, 0.3) is 11.3 Å². The van der Waals surface area contributed by atoms with Crippen molar-refractivity contribution in [2.45, 2.75) is 18.8 Å². The van der Waals surface area contributed by atoms with E-state index in [2.05, 4.69) is 15.0 Å². The number of pyridine rings is 1. The van der Waals surface area contributed by atoms with Crippen molar-refractivity contribution in [3.05, 3.63) is 30.1 Å². The quantitative estimate of drug-likeness (QED) is 0.906. The SMILES string of the molecule is O=C(O)c1ncc(-c2cnc(N3CCC(F)(F)CC3)c(F)c2)[nH]1. The van der Waals surface area contributed by atoms with Gasteiger partial charge in [0.1, 0.15) is 0 Å². The van der Waals surface area contributed by atoms with E-state index in [0.717, 1.165) is 0 Å². The Hall–Kier alpha value is -2.58. The second-order valence-electron chi connectivity index (χ2n) is 5.32. The molecule has 0 atom stereocenters. The molecule has 0 aromatic carbocycles. The predicted molar refractivity (Wildman–Crippen MR) is 75.1 cm³/mol. The molecule has 0 aliphatic carbocycles. The summed E-state index contributed by atoms with van der Waals surface area (Å²) in [5.74, 6) is -4.84. The molecule has 2 aromatic rings. The average molecular weight is 326 g/mol. The lowest BCUT2D eigenvalue weighted by atomic mass is 10.1. The Morgan fingerprint density at radius 2 is 1.96 bits per heavy atom. The molecule has 1 aliphatic rings. The van der Waals surface area contributed by atoms with Gasteiger partial charge in [0.25, 0.3) is 5.92 Å². The van der Waals surface area contributed by atoms with E-state index in [0.29, 0.717) is 11.3 Å². The molecule has 1 aliphatic heterocycles. The number of carboxylic acid groups (broad SMARTS) is 1. The molecule has 1 saturated heterocycles. The van der Waals surface area contributed by atoms with Crippen molar-refractivity contribution in [1.82, 2.24) is 15.0 Å². The fraction of sp³-hybridized carbons (Fsp3) is 0.357. The number of hydrogen-bond acceptors (Lipinski definition) is 4. The largest absolute Gasteiger partial charge is 0.475 e. The Balaban J connectivity index is 1.82. The van der Waals surface area contributed by atoms with Crippen LogP contribution in [0.15, 0.2) is 18.5 Å². The van der Waals surface area contributed by atoms with Gasteiger partial charge in [-0.15, -0.1) is 0 Å². The molecule has 2 N–H and O–H groups in total. The molecule has 0 amide bonds. The van der Waals surface area contributed by atoms with Gasteiger partial charge < -0.3 is 15.0 Å². The lowest BCUT2D eigenvalue weighted by Gasteiger charge is -2.32. The maximum Gasteiger partial charge on any atom is 0.371 e. The van der Waals surface area contributed by atoms with E-state index in [1.54, 1.807) is 0 Å². The summed E-state index contributed by atoms with van der Waals surface area (Å²) in [4.78, 5) is 22.4. The summed E-state index contributed by atoms with van der Waals surface area (Å²) in [6.45, 7) is 0.0625. The molecule has 9 heteroatoms. The zero-order valence-electron chi connectivity index (χ0n) is 11.9. The van der Waals surface area contributed by atoms with Crippen LogP contribution in [-0.2, 0) is 0 Å². The average Bonchev–Trinajstić information content (AvgIpc) is 2.98. The Morgan fingerprint density at radius 3 is 2.52 bits per heavy atom. The van der Waals surface area contributed by atoms with Crippen LogP contribution < -0.4 is 4.90 Å². The minimum absolute atomic E-state index is 0.0159. The summed E-state index contributed by atoms with van der Waals surface area (Å²) in [6, 6.07) is 1.17. The number of piperidine rings is 1. The molecule has 0 spiro atoms. The third-order valence-electron chi connectivity index (χ3n) is 3.71. The molecule has 122 valence electrons. The minimum Gasteiger partial charge on any atom is -0.475 e. The number of carbonyl (C=O) groups is 1. The van der Waals surface area contributed by atoms with Crippen LogP contribution in [0.4, 0.5) is 19.0 Å². The summed E-state index contributed by atoms with van der Waals surface area (Å²) in [5.41, 5.74) is 0.638. The fourth-order valence-electron chi connectivity index (χ4n) is 2.43. The molecular weight excluding hydrogens is 313 g/mol. The highest BCUT2D eigenvalue weighted by molar-refractivity contribution is 5.84. The first-order valence-corrected chi connectivity index (χ1v) is 6.93. The lowest BCUT2D eigenvalue weighted by Crippen LogP contribution is -2.40. The molecule has 3 rings (SSSR count). The minimum atomic E-state index is -2.71. The van der Waals surface area contributed by atoms with Crippen molar-refractivity contribution < 1.29 is 23.1 Å². The van der Waals surface area contributed by atoms with E-state index < -0.39 is 17.7 Å². The first kappa shape index (κ1) is 15.3. The highest BCUT2D eigenvalue weighted by Crippen LogP contribution is 2.31. The van der Waals surface area contributed by atoms with Crippen molar-refractivity contribution in [3.63, 3.8) is 0 Å². The van der Waals surface area contributed by atoms with Gasteiger partial charge in [0.15, 0.2) is 11.6 Å². The third-order valence-corrected chi connectivity index (χ3v) is 3.71. The van der Waals surface area contributed by atoms with E-state index >= 15 is 0 Å². The fourth-order valence-corrected chi connectivity index (χ4v) is 2.43. The van der Waals surface area contributed by atoms with E-state index in [1.165, 1.54) is 23.4 Å². The summed E-state index contributed by atoms with van der Waals surface area (Å²) in [7, 11) is 0. The predicted octanol–water partition coefficient (Wildman–Crippen LogP) is 2.54. The molecule has 0 bridgehead atoms. The Bertz CT molecular complexity index is 737. The van der Waals surface area contributed by atoms with Crippen molar-refractivity contribution in [2.24, 2.45) is 0 Å². The first-order chi connectivity index (χ1) is 10.9. The van der Waals surface area contributed by atoms with Crippen LogP contribution in [0, 0.1) is 5.82 Å². The second kappa shape index (κ2) is 5.56. The van der Waals surface area contributed by atoms with Crippen LogP contribution in [0.3, 0.4) is 0 Å². The van der Waals surface area contributed by atoms with Crippen LogP contribution in [0.2, 0.25) is 0 Å². The van der Waals surface area contributed by atoms with E-state index in [4.69, 9.17) is 5.11 Å². The lowest BCUT2D eigenvalue weighted by molar-refractivity contribution is -0.0222. The topological polar surface area (TPSA) is 82.1 Å². The van der Waals surface area contributed by atoms with Gasteiger partial charge >= 0.3 is 5.97 Å². The number of nitrogens with zero attached hydrogens (tertiary/aromatic N) is 3. The number of aromatic nitrogens is 3. The van der Waals surface area contributed by atoms with E-state index in [1.807, 2.05) is 0 Å². The third kappa shape index (κ3) is 3.13. The normalized spacial score (nSPS) is 17.3. The molecule has 23 heavy (non-hydrogen) atoms. The van der Waals surface area contributed by atoms with Gasteiger partial charge in [-0.05, 0) is 6.07 Å². The summed E-state index contributed by atoms with van der Waals surface area (Å²) in [5, 5.41) is 8.80. The molecule has 2 aromatic heterocycles. The van der Waals surface area contributed by atoms with Crippen LogP contribution in [0.5, 0.6) is 0 Å². The van der Waals surface area contributed by atoms with Gasteiger partial charge in [-0.25, -0.2) is 27.9 Å². The molecule has 0 radical (unpaired) electrons. The molecular formula is C14H13F3N4O2. The van der Waals surface area contributed by atoms with Crippen molar-refractivity contribution in [2.75, 3.05) is 18.0 Å². The van der Waals surface area contributed by atoms with E-state index in [-0.39, 0.29) is 37.6 Å². The smallest absolute Gasteiger partial charge is 0.371 e. The zero-order chi connectivity index (χ0) is 16.6. The number of aromatic carboxylic acids is 1. The summed E-state index contributed by atoms with van der Waals surface area (Å²) < 4.78 is 40.5. The number of nitrogens with one attached hydrogen (secondary N) is 1. The van der Waals surface area contributed by atoms with Crippen LogP contribution in [0.1, 0.15) is 23.5 Å². The molecule has 3 heterocycles. The Labute approximate surface area is 129 Å². The van der Waals surface area contributed by atoms with Crippen molar-refractivity contribution in [1.29, 1.82) is 0 Å². The second-order valence-corrected chi connectivity index (χ2v) is 5.32. The van der Waals surface area contributed by atoms with Crippen molar-refractivity contribution in [3.8, 4) is 11.3 Å². The number of aromatic amines is 1. The maximum atomic E-state index is 14.2. The molecule has 1 fully saturated rings. The Morgan fingerprint density at radius 1 is 1.26 bits per heavy atom. The number of H-pyrrole nitrogens is 1. The molecule has 0 saturated carbocycles. The van der Waals surface area contributed by atoms with Crippen molar-refractivity contribution >= 4 is 11.8 Å². The highest BCUT2D eigenvalue weighted by Gasteiger charge is 2.35. The maximum absolute atomic E-state index is 14.2. The first-order valence-electron chi connectivity index (χ1n) is 6.93. The van der Waals surface area contributed by atoms with Crippen LogP contribution in [-0.4, -0.2) is 45.0 Å². The summed E-state index contributed by atoms with van der Waals surface area (Å²) >= 11 is 0. The number of hydrogen-bond donors (Lipinski definition) is 2. The number of anilines is 1. The van der Waals surface area contributed by atoms with Gasteiger partial charge in [0.05, 0.1) is 11.9 Å². The zero-order valence-corrected chi connectivity index (χ0v) is 11.9. The van der Waals surface area contributed by atoms with Gasteiger partial charge in [0, 0.05) is 37.7 Å². The number of carboxylic acids is 1. The number of imidazole rings is 1. The summed E-state index contributed by atoms with van der Waals surface area (Å²) in [6.07, 6.45) is 1.95. The van der Waals surface area contributed by atoms with Gasteiger partial charge in [-0.1, -0.05) is 0 Å². The molecule has 6 nitrogen and oxygen atoms in total. The van der Waals surface area contributed by atoms with Gasteiger partial charge in [-0.3, -0.25) is 0 Å². The molecule has 0 unspecified atom stereocenters. The van der Waals surface area contributed by atoms with Crippen LogP contribution >= 0.6 is 0 Å². The number of rotatable bonds is 3. The van der Waals surface area contributed by atoms with E-state index in [9.17, 15) is 18.0 Å². The van der Waals surface area contributed by atoms with Gasteiger partial charge in [0.2, 0.25) is 5.82 Å². The highest BCUT2D eigenvalue weighted by atomic mass is 19.3. The Kier molecular flexibility index (Phi) is 3.70. The monoisotopic (exact) mass is 326 g/mol. The van der Waals surface area contributed by atoms with Gasteiger partial charge in [-0.2, -0.15) is 0 Å². The number of halogens is 3.